The van der Waals surface area contributed by atoms with Crippen LogP contribution in [0.25, 0.3) is 17.0 Å². The molecule has 0 bridgehead atoms. The van der Waals surface area contributed by atoms with E-state index >= 15 is 0 Å². The molecule has 128 valence electrons. The van der Waals surface area contributed by atoms with Crippen LogP contribution in [-0.2, 0) is 4.79 Å². The number of piperazine rings is 1. The molecule has 2 aromatic heterocycles. The molecule has 7 heteroatoms. The number of aromatic nitrogens is 4. The molecule has 1 fully saturated rings. The van der Waals surface area contributed by atoms with Gasteiger partial charge in [0.1, 0.15) is 18.2 Å². The van der Waals surface area contributed by atoms with Crippen molar-refractivity contribution in [1.82, 2.24) is 24.9 Å². The van der Waals surface area contributed by atoms with E-state index in [-0.39, 0.29) is 11.9 Å². The van der Waals surface area contributed by atoms with Gasteiger partial charge in [0.15, 0.2) is 0 Å². The Morgan fingerprint density at radius 1 is 1.28 bits per heavy atom. The minimum absolute atomic E-state index is 0.0689. The molecule has 25 heavy (non-hydrogen) atoms. The minimum Gasteiger partial charge on any atom is -0.353 e. The van der Waals surface area contributed by atoms with Gasteiger partial charge in [-0.25, -0.2) is 4.98 Å². The average molecular weight is 336 g/mol. The third-order valence-corrected chi connectivity index (χ3v) is 4.49. The lowest BCUT2D eigenvalue weighted by Crippen LogP contribution is -2.55. The number of hydrogen-bond acceptors (Lipinski definition) is 5. The number of rotatable bonds is 4. The van der Waals surface area contributed by atoms with Gasteiger partial charge in [0.05, 0.1) is 5.69 Å². The second kappa shape index (κ2) is 6.51. The molecule has 4 rings (SSSR count). The number of nitrogens with zero attached hydrogens (tertiary/aromatic N) is 5. The van der Waals surface area contributed by atoms with E-state index in [1.807, 2.05) is 36.4 Å². The fourth-order valence-corrected chi connectivity index (χ4v) is 3.31. The molecule has 7 nitrogen and oxygen atoms in total. The first-order valence-corrected chi connectivity index (χ1v) is 8.58. The van der Waals surface area contributed by atoms with Gasteiger partial charge in [0, 0.05) is 24.7 Å². The van der Waals surface area contributed by atoms with Crippen molar-refractivity contribution in [3.05, 3.63) is 42.7 Å². The maximum atomic E-state index is 12.4. The Morgan fingerprint density at radius 3 is 2.92 bits per heavy atom. The fraction of sp³-hybridized carbons (Fsp3) is 0.333. The smallest absolute Gasteiger partial charge is 0.254 e. The standard InChI is InChI=1S/C18H20N6O/c1-2-6-15-17(25)19-9-10-23(15)16-11-14(13-7-4-3-5-8-13)22-18-20-12-21-24(16)18/h3-5,7-8,11-12,15H,2,6,9-10H2,1H3,(H,19,25)/t15-/m0/s1. The van der Waals surface area contributed by atoms with E-state index in [0.717, 1.165) is 36.5 Å². The molecular formula is C18H20N6O. The topological polar surface area (TPSA) is 75.4 Å². The average Bonchev–Trinajstić information content (AvgIpc) is 3.12. The largest absolute Gasteiger partial charge is 0.353 e. The highest BCUT2D eigenvalue weighted by Crippen LogP contribution is 2.26. The van der Waals surface area contributed by atoms with Gasteiger partial charge in [0.2, 0.25) is 5.91 Å². The van der Waals surface area contributed by atoms with E-state index in [2.05, 4.69) is 32.2 Å². The molecule has 3 heterocycles. The van der Waals surface area contributed by atoms with Gasteiger partial charge in [0.25, 0.3) is 5.78 Å². The SMILES string of the molecule is CCC[C@H]1C(=O)NCCN1c1cc(-c2ccccc2)nc2ncnn12. The molecule has 1 saturated heterocycles. The van der Waals surface area contributed by atoms with Gasteiger partial charge in [-0.05, 0) is 6.42 Å². The lowest BCUT2D eigenvalue weighted by molar-refractivity contribution is -0.123. The number of anilines is 1. The van der Waals surface area contributed by atoms with Gasteiger partial charge >= 0.3 is 0 Å². The first kappa shape index (κ1) is 15.6. The summed E-state index contributed by atoms with van der Waals surface area (Å²) in [6.07, 6.45) is 3.23. The molecule has 0 aliphatic carbocycles. The van der Waals surface area contributed by atoms with Crippen molar-refractivity contribution in [2.45, 2.75) is 25.8 Å². The summed E-state index contributed by atoms with van der Waals surface area (Å²) < 4.78 is 1.72. The van der Waals surface area contributed by atoms with Crippen LogP contribution in [0, 0.1) is 0 Å². The summed E-state index contributed by atoms with van der Waals surface area (Å²) >= 11 is 0. The fourth-order valence-electron chi connectivity index (χ4n) is 3.31. The molecule has 1 amide bonds. The summed E-state index contributed by atoms with van der Waals surface area (Å²) in [7, 11) is 0. The Labute approximate surface area is 145 Å². The number of carbonyl (C=O) groups excluding carboxylic acids is 1. The molecule has 0 spiro atoms. The van der Waals surface area contributed by atoms with E-state index < -0.39 is 0 Å². The molecule has 1 aliphatic rings. The van der Waals surface area contributed by atoms with E-state index in [1.165, 1.54) is 6.33 Å². The molecular weight excluding hydrogens is 316 g/mol. The quantitative estimate of drug-likeness (QED) is 0.787. The zero-order valence-electron chi connectivity index (χ0n) is 14.1. The number of amides is 1. The van der Waals surface area contributed by atoms with Crippen LogP contribution in [-0.4, -0.2) is 44.6 Å². The lowest BCUT2D eigenvalue weighted by Gasteiger charge is -2.36. The van der Waals surface area contributed by atoms with Crippen molar-refractivity contribution >= 4 is 17.5 Å². The Balaban J connectivity index is 1.85. The van der Waals surface area contributed by atoms with Gasteiger partial charge in [-0.2, -0.15) is 14.6 Å². The highest BCUT2D eigenvalue weighted by atomic mass is 16.2. The molecule has 3 aromatic rings. The van der Waals surface area contributed by atoms with Crippen molar-refractivity contribution in [2.75, 3.05) is 18.0 Å². The Morgan fingerprint density at radius 2 is 2.12 bits per heavy atom. The summed E-state index contributed by atoms with van der Waals surface area (Å²) in [4.78, 5) is 23.4. The first-order chi connectivity index (χ1) is 12.3. The third-order valence-electron chi connectivity index (χ3n) is 4.49. The van der Waals surface area contributed by atoms with Crippen LogP contribution in [0.3, 0.4) is 0 Å². The van der Waals surface area contributed by atoms with Gasteiger partial charge < -0.3 is 10.2 Å². The van der Waals surface area contributed by atoms with Crippen LogP contribution < -0.4 is 10.2 Å². The molecule has 1 aromatic carbocycles. The van der Waals surface area contributed by atoms with E-state index in [1.54, 1.807) is 4.52 Å². The van der Waals surface area contributed by atoms with Crippen molar-refractivity contribution in [3.8, 4) is 11.3 Å². The maximum absolute atomic E-state index is 12.4. The molecule has 1 N–H and O–H groups in total. The Hall–Kier alpha value is -2.96. The Bertz CT molecular complexity index is 891. The number of fused-ring (bicyclic) bond motifs is 1. The van der Waals surface area contributed by atoms with Gasteiger partial charge in [-0.15, -0.1) is 0 Å². The number of carbonyl (C=O) groups is 1. The second-order valence-corrected chi connectivity index (χ2v) is 6.13. The molecule has 1 atom stereocenters. The highest BCUT2D eigenvalue weighted by molar-refractivity contribution is 5.86. The van der Waals surface area contributed by atoms with Crippen LogP contribution in [0.2, 0.25) is 0 Å². The normalized spacial score (nSPS) is 17.7. The van der Waals surface area contributed by atoms with Gasteiger partial charge in [-0.1, -0.05) is 43.7 Å². The molecule has 0 unspecified atom stereocenters. The molecule has 1 aliphatic heterocycles. The summed E-state index contributed by atoms with van der Waals surface area (Å²) in [5.74, 6) is 1.46. The number of hydrogen-bond donors (Lipinski definition) is 1. The number of benzene rings is 1. The zero-order chi connectivity index (χ0) is 17.2. The van der Waals surface area contributed by atoms with Crippen molar-refractivity contribution in [3.63, 3.8) is 0 Å². The van der Waals surface area contributed by atoms with E-state index in [9.17, 15) is 4.79 Å². The van der Waals surface area contributed by atoms with E-state index in [0.29, 0.717) is 12.3 Å². The lowest BCUT2D eigenvalue weighted by atomic mass is 10.1. The summed E-state index contributed by atoms with van der Waals surface area (Å²) in [6.45, 7) is 3.45. The summed E-state index contributed by atoms with van der Waals surface area (Å²) in [5.41, 5.74) is 1.85. The van der Waals surface area contributed by atoms with Gasteiger partial charge in [-0.3, -0.25) is 4.79 Å². The van der Waals surface area contributed by atoms with Crippen LogP contribution >= 0.6 is 0 Å². The van der Waals surface area contributed by atoms with Crippen molar-refractivity contribution < 1.29 is 4.79 Å². The van der Waals surface area contributed by atoms with Crippen molar-refractivity contribution in [2.24, 2.45) is 0 Å². The third kappa shape index (κ3) is 2.82. The van der Waals surface area contributed by atoms with Crippen LogP contribution in [0.15, 0.2) is 42.7 Å². The van der Waals surface area contributed by atoms with Crippen LogP contribution in [0.1, 0.15) is 19.8 Å². The second-order valence-electron chi connectivity index (χ2n) is 6.13. The zero-order valence-corrected chi connectivity index (χ0v) is 14.1. The highest BCUT2D eigenvalue weighted by Gasteiger charge is 2.31. The molecule has 0 radical (unpaired) electrons. The minimum atomic E-state index is -0.197. The number of nitrogens with one attached hydrogen (secondary N) is 1. The summed E-state index contributed by atoms with van der Waals surface area (Å²) in [5, 5.41) is 7.28. The van der Waals surface area contributed by atoms with Crippen LogP contribution in [0.4, 0.5) is 5.82 Å². The predicted octanol–water partition coefficient (Wildman–Crippen LogP) is 1.90. The Kier molecular flexibility index (Phi) is 4.05. The summed E-state index contributed by atoms with van der Waals surface area (Å²) in [6, 6.07) is 11.8. The van der Waals surface area contributed by atoms with Crippen molar-refractivity contribution in [1.29, 1.82) is 0 Å². The predicted molar refractivity (Wildman–Crippen MR) is 95.3 cm³/mol. The monoisotopic (exact) mass is 336 g/mol. The van der Waals surface area contributed by atoms with Crippen LogP contribution in [0.5, 0.6) is 0 Å². The van der Waals surface area contributed by atoms with E-state index in [4.69, 9.17) is 0 Å². The first-order valence-electron chi connectivity index (χ1n) is 8.58. The maximum Gasteiger partial charge on any atom is 0.254 e. The molecule has 0 saturated carbocycles.